The van der Waals surface area contributed by atoms with Gasteiger partial charge in [0, 0.05) is 5.56 Å². The van der Waals surface area contributed by atoms with Gasteiger partial charge in [0.25, 0.3) is 0 Å². The molecule has 2 heterocycles. The van der Waals surface area contributed by atoms with E-state index in [9.17, 15) is 13.2 Å². The van der Waals surface area contributed by atoms with E-state index in [-0.39, 0.29) is 11.3 Å². The highest BCUT2D eigenvalue weighted by molar-refractivity contribution is 14.1. The van der Waals surface area contributed by atoms with Gasteiger partial charge in [-0.2, -0.15) is 18.3 Å². The van der Waals surface area contributed by atoms with Crippen LogP contribution >= 0.6 is 22.6 Å². The highest BCUT2D eigenvalue weighted by Crippen LogP contribution is 2.32. The first-order valence-electron chi connectivity index (χ1n) is 6.05. The molecule has 0 amide bonds. The average molecular weight is 403 g/mol. The number of hydrogen-bond donors (Lipinski definition) is 0. The van der Waals surface area contributed by atoms with Crippen molar-refractivity contribution >= 4 is 28.2 Å². The quantitative estimate of drug-likeness (QED) is 0.567. The second-order valence-corrected chi connectivity index (χ2v) is 5.78. The number of rotatable bonds is 1. The Morgan fingerprint density at radius 3 is 2.43 bits per heavy atom. The summed E-state index contributed by atoms with van der Waals surface area (Å²) < 4.78 is 41.0. The summed E-state index contributed by atoms with van der Waals surface area (Å²) in [5.74, 6) is 0. The second kappa shape index (κ2) is 4.97. The van der Waals surface area contributed by atoms with Crippen LogP contribution in [0.1, 0.15) is 11.3 Å². The first-order chi connectivity index (χ1) is 9.86. The van der Waals surface area contributed by atoms with Gasteiger partial charge in [0.15, 0.2) is 11.3 Å². The van der Waals surface area contributed by atoms with Crippen molar-refractivity contribution in [1.29, 1.82) is 0 Å². The number of aromatic nitrogens is 3. The van der Waals surface area contributed by atoms with Gasteiger partial charge in [-0.1, -0.05) is 29.8 Å². The Balaban J connectivity index is 2.29. The molecule has 0 N–H and O–H groups in total. The van der Waals surface area contributed by atoms with E-state index in [1.165, 1.54) is 6.20 Å². The molecule has 0 radical (unpaired) electrons. The van der Waals surface area contributed by atoms with Gasteiger partial charge < -0.3 is 0 Å². The molecule has 7 heteroatoms. The van der Waals surface area contributed by atoms with Gasteiger partial charge in [-0.25, -0.2) is 9.50 Å². The molecule has 0 saturated heterocycles. The molecular weight excluding hydrogens is 394 g/mol. The zero-order chi connectivity index (χ0) is 15.2. The van der Waals surface area contributed by atoms with Crippen LogP contribution in [0, 0.1) is 10.5 Å². The molecule has 3 rings (SSSR count). The first-order valence-corrected chi connectivity index (χ1v) is 7.12. The van der Waals surface area contributed by atoms with Gasteiger partial charge in [-0.3, -0.25) is 0 Å². The van der Waals surface area contributed by atoms with Crippen LogP contribution in [0.4, 0.5) is 13.2 Å². The molecular formula is C14H9F3IN3. The number of benzene rings is 1. The lowest BCUT2D eigenvalue weighted by molar-refractivity contribution is -0.142. The number of halogens is 4. The zero-order valence-electron chi connectivity index (χ0n) is 10.8. The highest BCUT2D eigenvalue weighted by Gasteiger charge is 2.35. The fraction of sp³-hybridized carbons (Fsp3) is 0.143. The monoisotopic (exact) mass is 403 g/mol. The van der Waals surface area contributed by atoms with Crippen molar-refractivity contribution in [2.45, 2.75) is 13.1 Å². The summed E-state index contributed by atoms with van der Waals surface area (Å²) in [7, 11) is 0. The van der Waals surface area contributed by atoms with Gasteiger partial charge in [0.1, 0.15) is 0 Å². The van der Waals surface area contributed by atoms with Crippen molar-refractivity contribution in [2.75, 3.05) is 0 Å². The largest absolute Gasteiger partial charge is 0.433 e. The molecule has 0 saturated carbocycles. The summed E-state index contributed by atoms with van der Waals surface area (Å²) in [4.78, 5) is 4.30. The maximum absolute atomic E-state index is 13.2. The Hall–Kier alpha value is -1.64. The predicted molar refractivity (Wildman–Crippen MR) is 80.9 cm³/mol. The van der Waals surface area contributed by atoms with Gasteiger partial charge in [-0.05, 0) is 35.6 Å². The van der Waals surface area contributed by atoms with Gasteiger partial charge in [0.05, 0.1) is 15.5 Å². The molecule has 1 aromatic carbocycles. The Bertz CT molecular complexity index is 807. The van der Waals surface area contributed by atoms with Crippen LogP contribution in [0.2, 0.25) is 0 Å². The van der Waals surface area contributed by atoms with Crippen LogP contribution < -0.4 is 0 Å². The summed E-state index contributed by atoms with van der Waals surface area (Å²) >= 11 is 1.93. The molecule has 0 fully saturated rings. The van der Waals surface area contributed by atoms with Gasteiger partial charge in [-0.15, -0.1) is 0 Å². The van der Waals surface area contributed by atoms with Crippen LogP contribution in [0.25, 0.3) is 16.9 Å². The van der Waals surface area contributed by atoms with Gasteiger partial charge in [0.2, 0.25) is 0 Å². The topological polar surface area (TPSA) is 30.2 Å². The third-order valence-electron chi connectivity index (χ3n) is 3.07. The third-order valence-corrected chi connectivity index (χ3v) is 3.83. The van der Waals surface area contributed by atoms with E-state index in [2.05, 4.69) is 10.1 Å². The van der Waals surface area contributed by atoms with Crippen LogP contribution in [0.5, 0.6) is 0 Å². The molecule has 0 aliphatic carbocycles. The first kappa shape index (κ1) is 14.3. The number of hydrogen-bond acceptors (Lipinski definition) is 2. The minimum absolute atomic E-state index is 0.209. The molecule has 0 bridgehead atoms. The smallest absolute Gasteiger partial charge is 0.227 e. The van der Waals surface area contributed by atoms with Crippen molar-refractivity contribution in [1.82, 2.24) is 14.6 Å². The lowest BCUT2D eigenvalue weighted by atomic mass is 10.1. The van der Waals surface area contributed by atoms with Crippen molar-refractivity contribution < 1.29 is 13.2 Å². The van der Waals surface area contributed by atoms with Crippen LogP contribution in [0.15, 0.2) is 36.5 Å². The number of nitrogens with zero attached hydrogens (tertiary/aromatic N) is 3. The standard InChI is InChI=1S/C14H9F3IN3/c1-8-2-4-9(5-3-8)11-6-12(14(15,16)17)21-13(20-11)10(18)7-19-21/h2-7H,1H3. The van der Waals surface area contributed by atoms with Crippen LogP contribution in [-0.4, -0.2) is 14.6 Å². The molecule has 0 aliphatic heterocycles. The number of fused-ring (bicyclic) bond motifs is 1. The normalized spacial score (nSPS) is 12.0. The predicted octanol–water partition coefficient (Wildman–Crippen LogP) is 4.33. The maximum atomic E-state index is 13.2. The maximum Gasteiger partial charge on any atom is 0.433 e. The van der Waals surface area contributed by atoms with Crippen LogP contribution in [-0.2, 0) is 6.18 Å². The lowest BCUT2D eigenvalue weighted by Gasteiger charge is -2.11. The molecule has 3 aromatic rings. The molecule has 2 aromatic heterocycles. The molecule has 0 spiro atoms. The molecule has 21 heavy (non-hydrogen) atoms. The minimum atomic E-state index is -4.49. The van der Waals surface area contributed by atoms with Crippen molar-refractivity contribution in [3.05, 3.63) is 51.4 Å². The molecule has 0 unspecified atom stereocenters. The van der Waals surface area contributed by atoms with Gasteiger partial charge >= 0.3 is 6.18 Å². The van der Waals surface area contributed by atoms with Crippen molar-refractivity contribution in [2.24, 2.45) is 0 Å². The van der Waals surface area contributed by atoms with E-state index in [0.717, 1.165) is 16.1 Å². The summed E-state index contributed by atoms with van der Waals surface area (Å²) in [5.41, 5.74) is 1.35. The lowest BCUT2D eigenvalue weighted by Crippen LogP contribution is -2.13. The average Bonchev–Trinajstić information content (AvgIpc) is 2.79. The fourth-order valence-corrected chi connectivity index (χ4v) is 2.48. The Morgan fingerprint density at radius 1 is 1.14 bits per heavy atom. The Labute approximate surface area is 132 Å². The summed E-state index contributed by atoms with van der Waals surface area (Å²) in [6.07, 6.45) is -3.12. The molecule has 0 aliphatic rings. The molecule has 0 atom stereocenters. The third kappa shape index (κ3) is 2.61. The second-order valence-electron chi connectivity index (χ2n) is 4.62. The van der Waals surface area contributed by atoms with E-state index in [4.69, 9.17) is 0 Å². The zero-order valence-corrected chi connectivity index (χ0v) is 13.0. The minimum Gasteiger partial charge on any atom is -0.227 e. The summed E-state index contributed by atoms with van der Waals surface area (Å²) in [5, 5.41) is 3.76. The number of alkyl halides is 3. The van der Waals surface area contributed by atoms with Crippen molar-refractivity contribution in [3.63, 3.8) is 0 Å². The SMILES string of the molecule is Cc1ccc(-c2cc(C(F)(F)F)n3ncc(I)c3n2)cc1. The fourth-order valence-electron chi connectivity index (χ4n) is 2.01. The molecule has 108 valence electrons. The van der Waals surface area contributed by atoms with E-state index in [1.54, 1.807) is 12.1 Å². The van der Waals surface area contributed by atoms with Crippen molar-refractivity contribution in [3.8, 4) is 11.3 Å². The Morgan fingerprint density at radius 2 is 1.81 bits per heavy atom. The van der Waals surface area contributed by atoms with E-state index >= 15 is 0 Å². The van der Waals surface area contributed by atoms with E-state index in [1.807, 2.05) is 41.6 Å². The summed E-state index contributed by atoms with van der Waals surface area (Å²) in [6, 6.07) is 8.24. The Kier molecular flexibility index (Phi) is 3.39. The summed E-state index contributed by atoms with van der Waals surface area (Å²) in [6.45, 7) is 1.92. The van der Waals surface area contributed by atoms with E-state index in [0.29, 0.717) is 9.13 Å². The molecule has 3 nitrogen and oxygen atoms in total. The highest BCUT2D eigenvalue weighted by atomic mass is 127. The van der Waals surface area contributed by atoms with Crippen LogP contribution in [0.3, 0.4) is 0 Å². The number of aryl methyl sites for hydroxylation is 1. The van der Waals surface area contributed by atoms with E-state index < -0.39 is 11.9 Å².